The SMILES string of the molecule is CN1CCOCC1.N#Cc1c(N)[nH]c(=S)c(C#N)c1-c1ccc(S(=O)(=O)N2CCOCC2)cc1.N#Cc1c(N)nc(SCC(N)=O)c(C#N)c1-c1ccc(S(=O)(=O)N2CCOCC2)cc1.NC(=O)CBr. The molecule has 70 heavy (non-hydrogen) atoms. The lowest BCUT2D eigenvalue weighted by Crippen LogP contribution is -2.40. The van der Waals surface area contributed by atoms with Crippen LogP contribution in [0.15, 0.2) is 63.3 Å². The molecule has 2 amide bonds. The summed E-state index contributed by atoms with van der Waals surface area (Å²) in [6.45, 7) is 6.52. The number of thioether (sulfide) groups is 1. The number of nitrogen functional groups attached to an aromatic ring is 2. The van der Waals surface area contributed by atoms with Crippen LogP contribution in [-0.4, -0.2) is 149 Å². The van der Waals surface area contributed by atoms with Crippen molar-refractivity contribution in [1.82, 2.24) is 23.5 Å². The molecule has 3 saturated heterocycles. The Hall–Kier alpha value is -6.05. The zero-order valence-electron chi connectivity index (χ0n) is 37.6. The number of likely N-dealkylation sites (N-methyl/N-ethyl adjacent to an activating group) is 1. The number of anilines is 2. The predicted molar refractivity (Wildman–Crippen MR) is 265 cm³/mol. The monoisotopic (exact) mass is 1100 g/mol. The standard InChI is InChI=1S/C19H18N6O4S2.C17H15N5O3S2.C5H11NO.C2H4BrNO/c20-9-14-17(15(10-21)19(24-18(14)23)30-11-16(22)26)12-1-3-13(4-2-12)31(27,28)25-5-7-29-8-6-25;18-9-13-15(14(10-19)17(26)21-16(13)20)11-1-3-12(4-2-11)27(23,24)22-5-7-25-8-6-22;1-6-2-4-7-5-3-6;3-1-2(4)5/h1-4H,5-8,11H2,(H2,22,26)(H2,23,24);1-4H,5-8H2,(H3,20,21,26);2-5H2,1H3;1H2,(H2,4,5). The molecule has 0 atom stereocenters. The molecule has 0 aliphatic carbocycles. The molecule has 22 nitrogen and oxygen atoms in total. The van der Waals surface area contributed by atoms with E-state index < -0.39 is 26.0 Å². The van der Waals surface area contributed by atoms with Crippen molar-refractivity contribution in [2.45, 2.75) is 14.8 Å². The van der Waals surface area contributed by atoms with Gasteiger partial charge in [-0.3, -0.25) is 9.59 Å². The summed E-state index contributed by atoms with van der Waals surface area (Å²) >= 11 is 8.90. The summed E-state index contributed by atoms with van der Waals surface area (Å²) < 4.78 is 69.4. The van der Waals surface area contributed by atoms with Crippen LogP contribution in [-0.2, 0) is 43.8 Å². The lowest BCUT2D eigenvalue weighted by molar-refractivity contribution is -0.116. The van der Waals surface area contributed by atoms with E-state index in [2.05, 4.69) is 43.6 Å². The Bertz CT molecular complexity index is 2970. The molecular weight excluding hydrogens is 1050 g/mol. The topological polar surface area (TPSA) is 368 Å². The van der Waals surface area contributed by atoms with Crippen molar-refractivity contribution in [3.63, 3.8) is 0 Å². The maximum absolute atomic E-state index is 12.8. The zero-order chi connectivity index (χ0) is 51.6. The van der Waals surface area contributed by atoms with Gasteiger partial charge in [-0.15, -0.1) is 0 Å². The van der Waals surface area contributed by atoms with Crippen LogP contribution in [0.1, 0.15) is 22.3 Å². The number of primary amides is 2. The molecule has 0 saturated carbocycles. The molecule has 4 aromatic rings. The number of benzene rings is 2. The highest BCUT2D eigenvalue weighted by Crippen LogP contribution is 2.36. The first-order valence-electron chi connectivity index (χ1n) is 20.7. The second-order valence-electron chi connectivity index (χ2n) is 14.7. The second-order valence-corrected chi connectivity index (χ2v) is 20.5. The molecule has 0 spiro atoms. The van der Waals surface area contributed by atoms with Gasteiger partial charge in [0.15, 0.2) is 0 Å². The van der Waals surface area contributed by atoms with Gasteiger partial charge in [0.05, 0.1) is 71.6 Å². The van der Waals surface area contributed by atoms with Crippen LogP contribution in [0.25, 0.3) is 22.3 Å². The highest BCUT2D eigenvalue weighted by Gasteiger charge is 2.29. The minimum absolute atomic E-state index is 0.0104. The fourth-order valence-corrected chi connectivity index (χ4v) is 10.4. The summed E-state index contributed by atoms with van der Waals surface area (Å²) in [5.74, 6) is -1.10. The van der Waals surface area contributed by atoms with E-state index in [0.29, 0.717) is 50.6 Å². The van der Waals surface area contributed by atoms with Crippen LogP contribution in [0, 0.1) is 50.0 Å². The van der Waals surface area contributed by atoms with Crippen LogP contribution in [0.2, 0.25) is 0 Å². The Morgan fingerprint density at radius 3 is 1.41 bits per heavy atom. The van der Waals surface area contributed by atoms with Crippen molar-refractivity contribution in [3.8, 4) is 46.5 Å². The molecule has 9 N–H and O–H groups in total. The summed E-state index contributed by atoms with van der Waals surface area (Å²) in [4.78, 5) is 29.9. The van der Waals surface area contributed by atoms with Gasteiger partial charge in [0.1, 0.15) is 56.7 Å². The van der Waals surface area contributed by atoms with Crippen molar-refractivity contribution < 1.29 is 40.6 Å². The number of nitriles is 4. The van der Waals surface area contributed by atoms with Gasteiger partial charge in [-0.05, 0) is 42.4 Å². The summed E-state index contributed by atoms with van der Waals surface area (Å²) in [5.41, 5.74) is 23.2. The van der Waals surface area contributed by atoms with E-state index in [1.54, 1.807) is 12.1 Å². The van der Waals surface area contributed by atoms with Crippen molar-refractivity contribution in [2.24, 2.45) is 11.5 Å². The van der Waals surface area contributed by atoms with Gasteiger partial charge >= 0.3 is 0 Å². The number of nitrogens with zero attached hydrogens (tertiary/aromatic N) is 8. The number of pyridine rings is 2. The second kappa shape index (κ2) is 26.8. The Kier molecular flexibility index (Phi) is 21.6. The third kappa shape index (κ3) is 14.7. The third-order valence-electron chi connectivity index (χ3n) is 10.1. The van der Waals surface area contributed by atoms with Gasteiger partial charge in [0.2, 0.25) is 31.9 Å². The Morgan fingerprint density at radius 1 is 0.686 bits per heavy atom. The molecule has 3 aliphatic heterocycles. The number of morpholine rings is 3. The number of aromatic amines is 1. The van der Waals surface area contributed by atoms with Crippen molar-refractivity contribution in [2.75, 3.05) is 109 Å². The van der Waals surface area contributed by atoms with E-state index >= 15 is 0 Å². The number of carbonyl (C=O) groups excluding carboxylic acids is 2. The Morgan fingerprint density at radius 2 is 1.07 bits per heavy atom. The normalized spacial score (nSPS) is 15.3. The summed E-state index contributed by atoms with van der Waals surface area (Å²) in [5, 5.41) is 38.5. The number of nitrogens with one attached hydrogen (secondary N) is 1. The van der Waals surface area contributed by atoms with Crippen LogP contribution in [0.5, 0.6) is 0 Å². The number of amides is 2. The largest absolute Gasteiger partial charge is 0.384 e. The fraction of sp³-hybridized carbons (Fsp3) is 0.349. The van der Waals surface area contributed by atoms with Gasteiger partial charge in [-0.2, -0.15) is 29.7 Å². The van der Waals surface area contributed by atoms with E-state index in [0.717, 1.165) is 38.1 Å². The van der Waals surface area contributed by atoms with E-state index in [4.69, 9.17) is 43.6 Å². The van der Waals surface area contributed by atoms with Crippen molar-refractivity contribution in [1.29, 1.82) is 21.0 Å². The zero-order valence-corrected chi connectivity index (χ0v) is 42.4. The fourth-order valence-electron chi connectivity index (χ4n) is 6.58. The predicted octanol–water partition coefficient (Wildman–Crippen LogP) is 2.25. The quantitative estimate of drug-likeness (QED) is 0.0863. The molecule has 3 aliphatic rings. The number of carbonyl (C=O) groups is 2. The molecule has 0 unspecified atom stereocenters. The average molecular weight is 1100 g/mol. The number of sulfonamides is 2. The smallest absolute Gasteiger partial charge is 0.243 e. The molecule has 27 heteroatoms. The Labute approximate surface area is 422 Å². The van der Waals surface area contributed by atoms with Gasteiger partial charge in [0, 0.05) is 50.4 Å². The van der Waals surface area contributed by atoms with Crippen molar-refractivity contribution >= 4 is 83.4 Å². The minimum atomic E-state index is -3.70. The molecule has 3 fully saturated rings. The molecule has 2 aromatic heterocycles. The highest BCUT2D eigenvalue weighted by atomic mass is 79.9. The first-order chi connectivity index (χ1) is 33.3. The van der Waals surface area contributed by atoms with E-state index in [1.165, 1.54) is 45.0 Å². The molecule has 370 valence electrons. The van der Waals surface area contributed by atoms with Crippen molar-refractivity contribution in [3.05, 3.63) is 75.4 Å². The summed E-state index contributed by atoms with van der Waals surface area (Å²) in [6, 6.07) is 19.7. The number of nitrogens with two attached hydrogens (primary N) is 4. The molecule has 5 heterocycles. The highest BCUT2D eigenvalue weighted by molar-refractivity contribution is 9.09. The lowest BCUT2D eigenvalue weighted by Gasteiger charge is -2.26. The summed E-state index contributed by atoms with van der Waals surface area (Å²) in [7, 11) is -5.22. The van der Waals surface area contributed by atoms with Gasteiger partial charge in [-0.25, -0.2) is 21.8 Å². The van der Waals surface area contributed by atoms with E-state index in [9.17, 15) is 47.5 Å². The number of hydrogen-bond donors (Lipinski definition) is 5. The van der Waals surface area contributed by atoms with Gasteiger partial charge < -0.3 is 47.0 Å². The first-order valence-corrected chi connectivity index (χ1v) is 26.1. The summed E-state index contributed by atoms with van der Waals surface area (Å²) in [6.07, 6.45) is 0. The third-order valence-corrected chi connectivity index (χ3v) is 15.8. The number of hydrogen-bond acceptors (Lipinski definition) is 19. The van der Waals surface area contributed by atoms with E-state index in [-0.39, 0.29) is 94.6 Å². The molecular formula is C43H48BrN13O9S4. The van der Waals surface area contributed by atoms with Gasteiger partial charge in [0.25, 0.3) is 0 Å². The number of rotatable bonds is 10. The molecule has 0 radical (unpaired) electrons. The maximum atomic E-state index is 12.8. The molecule has 7 rings (SSSR count). The maximum Gasteiger partial charge on any atom is 0.243 e. The number of halogens is 1. The number of ether oxygens (including phenoxy) is 3. The van der Waals surface area contributed by atoms with Crippen LogP contribution >= 0.6 is 39.9 Å². The number of H-pyrrole nitrogens is 1. The van der Waals surface area contributed by atoms with E-state index in [1.807, 2.05) is 24.3 Å². The molecule has 2 aromatic carbocycles. The number of aromatic nitrogens is 2. The molecule has 0 bridgehead atoms. The van der Waals surface area contributed by atoms with Crippen LogP contribution in [0.4, 0.5) is 11.6 Å². The Balaban J connectivity index is 0.000000247. The minimum Gasteiger partial charge on any atom is -0.384 e. The average Bonchev–Trinajstić information content (AvgIpc) is 3.36. The number of alkyl halides is 1. The lowest BCUT2D eigenvalue weighted by atomic mass is 9.97. The van der Waals surface area contributed by atoms with Gasteiger partial charge in [-0.1, -0.05) is 64.2 Å². The van der Waals surface area contributed by atoms with Crippen LogP contribution in [0.3, 0.4) is 0 Å². The van der Waals surface area contributed by atoms with Crippen LogP contribution < -0.4 is 22.9 Å². The first kappa shape index (κ1) is 56.5.